The summed E-state index contributed by atoms with van der Waals surface area (Å²) in [5.41, 5.74) is 0.777. The number of amides is 1. The van der Waals surface area contributed by atoms with Crippen LogP contribution < -0.4 is 10.2 Å². The number of piperidine rings is 1. The second-order valence-electron chi connectivity index (χ2n) is 7.48. The third-order valence-electron chi connectivity index (χ3n) is 5.19. The van der Waals surface area contributed by atoms with Crippen LogP contribution in [0.5, 0.6) is 0 Å². The molecule has 2 atom stereocenters. The fourth-order valence-corrected chi connectivity index (χ4v) is 4.77. The molecular weight excluding hydrogens is 470 g/mol. The molecule has 2 aromatic rings. The fraction of sp³-hybridized carbons (Fsp3) is 0.571. The highest BCUT2D eigenvalue weighted by atomic mass is 35.5. The first-order chi connectivity index (χ1) is 15.9. The SMILES string of the molecule is CCCO[C@@H]1CN(c2nc(C=O)c(C(=O)OCC)s2)CC[C@@H]1NC(=O)c1nc(Cl)c(CC)[nH]1. The molecule has 0 aromatic carbocycles. The highest BCUT2D eigenvalue weighted by Crippen LogP contribution is 2.29. The molecule has 0 bridgehead atoms. The molecular formula is C21H28ClN5O5S. The van der Waals surface area contributed by atoms with Crippen LogP contribution in [0, 0.1) is 0 Å². The van der Waals surface area contributed by atoms with E-state index in [0.29, 0.717) is 54.8 Å². The van der Waals surface area contributed by atoms with Crippen molar-refractivity contribution < 1.29 is 23.9 Å². The minimum absolute atomic E-state index is 0.0660. The maximum absolute atomic E-state index is 12.8. The second kappa shape index (κ2) is 11.6. The lowest BCUT2D eigenvalue weighted by Crippen LogP contribution is -2.55. The van der Waals surface area contributed by atoms with Gasteiger partial charge in [0.15, 0.2) is 22.4 Å². The molecule has 1 aliphatic heterocycles. The topological polar surface area (TPSA) is 127 Å². The van der Waals surface area contributed by atoms with Crippen molar-refractivity contribution in [1.82, 2.24) is 20.3 Å². The maximum atomic E-state index is 12.8. The average molecular weight is 498 g/mol. The normalized spacial score (nSPS) is 18.2. The van der Waals surface area contributed by atoms with Gasteiger partial charge in [-0.2, -0.15) is 0 Å². The van der Waals surface area contributed by atoms with E-state index in [1.54, 1.807) is 6.92 Å². The van der Waals surface area contributed by atoms with Gasteiger partial charge in [-0.3, -0.25) is 9.59 Å². The molecule has 1 saturated heterocycles. The Morgan fingerprint density at radius 1 is 1.33 bits per heavy atom. The Hall–Kier alpha value is -2.50. The van der Waals surface area contributed by atoms with Crippen molar-refractivity contribution in [3.63, 3.8) is 0 Å². The van der Waals surface area contributed by atoms with Gasteiger partial charge in [0.2, 0.25) is 0 Å². The minimum atomic E-state index is -0.562. The number of aromatic nitrogens is 3. The van der Waals surface area contributed by atoms with Crippen LogP contribution in [0.1, 0.15) is 70.1 Å². The fourth-order valence-electron chi connectivity index (χ4n) is 3.54. The molecule has 180 valence electrons. The number of carbonyl (C=O) groups is 3. The van der Waals surface area contributed by atoms with Gasteiger partial charge in [-0.25, -0.2) is 14.8 Å². The van der Waals surface area contributed by atoms with Gasteiger partial charge in [0, 0.05) is 19.7 Å². The average Bonchev–Trinajstić information content (AvgIpc) is 3.42. The van der Waals surface area contributed by atoms with Crippen LogP contribution in [0.2, 0.25) is 5.15 Å². The van der Waals surface area contributed by atoms with Crippen LogP contribution in [0.4, 0.5) is 5.13 Å². The van der Waals surface area contributed by atoms with E-state index in [4.69, 9.17) is 21.1 Å². The van der Waals surface area contributed by atoms with Crippen molar-refractivity contribution in [2.24, 2.45) is 0 Å². The van der Waals surface area contributed by atoms with E-state index in [-0.39, 0.29) is 41.1 Å². The van der Waals surface area contributed by atoms with Gasteiger partial charge in [0.05, 0.1) is 24.4 Å². The monoisotopic (exact) mass is 497 g/mol. The molecule has 0 saturated carbocycles. The predicted octanol–water partition coefficient (Wildman–Crippen LogP) is 2.88. The molecule has 0 radical (unpaired) electrons. The lowest BCUT2D eigenvalue weighted by atomic mass is 10.0. The number of carbonyl (C=O) groups excluding carboxylic acids is 3. The molecule has 2 N–H and O–H groups in total. The highest BCUT2D eigenvalue weighted by molar-refractivity contribution is 7.17. The number of nitrogens with one attached hydrogen (secondary N) is 2. The number of ether oxygens (including phenoxy) is 2. The quantitative estimate of drug-likeness (QED) is 0.379. The van der Waals surface area contributed by atoms with Crippen molar-refractivity contribution in [1.29, 1.82) is 0 Å². The smallest absolute Gasteiger partial charge is 0.350 e. The van der Waals surface area contributed by atoms with Crippen molar-refractivity contribution in [3.8, 4) is 0 Å². The molecule has 12 heteroatoms. The summed E-state index contributed by atoms with van der Waals surface area (Å²) in [4.78, 5) is 49.9. The minimum Gasteiger partial charge on any atom is -0.462 e. The van der Waals surface area contributed by atoms with Crippen molar-refractivity contribution in [2.75, 3.05) is 31.2 Å². The standard InChI is InChI=1S/C21H28ClN5O5S/c1-4-9-32-15-10-27(21-25-14(11-28)16(33-21)20(30)31-6-3)8-7-13(15)24-19(29)18-23-12(5-2)17(22)26-18/h11,13,15H,4-10H2,1-3H3,(H,23,26)(H,24,29)/t13-,15+/m0/s1. The van der Waals surface area contributed by atoms with Gasteiger partial charge >= 0.3 is 5.97 Å². The summed E-state index contributed by atoms with van der Waals surface area (Å²) >= 11 is 7.19. The number of anilines is 1. The number of halogens is 1. The van der Waals surface area contributed by atoms with E-state index in [0.717, 1.165) is 17.8 Å². The molecule has 1 aliphatic rings. The third kappa shape index (κ3) is 5.90. The number of imidazole rings is 1. The zero-order valence-corrected chi connectivity index (χ0v) is 20.4. The van der Waals surface area contributed by atoms with Crippen LogP contribution in [0.25, 0.3) is 0 Å². The van der Waals surface area contributed by atoms with E-state index in [2.05, 4.69) is 20.3 Å². The highest BCUT2D eigenvalue weighted by Gasteiger charge is 2.34. The van der Waals surface area contributed by atoms with Crippen LogP contribution in [-0.2, 0) is 15.9 Å². The molecule has 1 fully saturated rings. The van der Waals surface area contributed by atoms with E-state index >= 15 is 0 Å². The number of thiazole rings is 1. The van der Waals surface area contributed by atoms with E-state index in [1.807, 2.05) is 18.7 Å². The predicted molar refractivity (Wildman–Crippen MR) is 125 cm³/mol. The van der Waals surface area contributed by atoms with Crippen LogP contribution in [0.15, 0.2) is 0 Å². The zero-order valence-electron chi connectivity index (χ0n) is 18.9. The van der Waals surface area contributed by atoms with Gasteiger partial charge in [-0.1, -0.05) is 36.8 Å². The summed E-state index contributed by atoms with van der Waals surface area (Å²) in [5, 5.41) is 3.84. The zero-order chi connectivity index (χ0) is 24.0. The van der Waals surface area contributed by atoms with E-state index in [1.165, 1.54) is 0 Å². The first-order valence-electron chi connectivity index (χ1n) is 11.0. The first-order valence-corrected chi connectivity index (χ1v) is 12.2. The molecule has 0 unspecified atom stereocenters. The summed E-state index contributed by atoms with van der Waals surface area (Å²) in [5.74, 6) is -0.738. The number of aromatic amines is 1. The number of nitrogens with zero attached hydrogens (tertiary/aromatic N) is 3. The molecule has 1 amide bonds. The molecule has 3 heterocycles. The Morgan fingerprint density at radius 2 is 2.12 bits per heavy atom. The first kappa shape index (κ1) is 25.1. The lowest BCUT2D eigenvalue weighted by Gasteiger charge is -2.38. The lowest BCUT2D eigenvalue weighted by molar-refractivity contribution is 0.0204. The summed E-state index contributed by atoms with van der Waals surface area (Å²) < 4.78 is 11.1. The Balaban J connectivity index is 1.74. The maximum Gasteiger partial charge on any atom is 0.350 e. The molecule has 33 heavy (non-hydrogen) atoms. The Labute approximate surface area is 201 Å². The van der Waals surface area contributed by atoms with E-state index in [9.17, 15) is 14.4 Å². The molecule has 0 spiro atoms. The Bertz CT molecular complexity index is 994. The van der Waals surface area contributed by atoms with Gasteiger partial charge in [-0.15, -0.1) is 0 Å². The number of aldehydes is 1. The summed E-state index contributed by atoms with van der Waals surface area (Å²) in [6.07, 6.45) is 2.30. The van der Waals surface area contributed by atoms with Gasteiger partial charge in [-0.05, 0) is 26.2 Å². The number of aryl methyl sites for hydroxylation is 1. The van der Waals surface area contributed by atoms with Gasteiger partial charge in [0.1, 0.15) is 10.6 Å². The number of hydrogen-bond acceptors (Lipinski definition) is 9. The molecule has 10 nitrogen and oxygen atoms in total. The van der Waals surface area contributed by atoms with Crippen LogP contribution in [-0.4, -0.2) is 71.6 Å². The summed E-state index contributed by atoms with van der Waals surface area (Å²) in [6.45, 7) is 7.38. The molecule has 0 aliphatic carbocycles. The van der Waals surface area contributed by atoms with Gasteiger partial charge in [0.25, 0.3) is 5.91 Å². The van der Waals surface area contributed by atoms with Crippen molar-refractivity contribution in [2.45, 2.75) is 52.2 Å². The summed E-state index contributed by atoms with van der Waals surface area (Å²) in [6, 6.07) is -0.246. The number of hydrogen-bond donors (Lipinski definition) is 2. The number of esters is 1. The Morgan fingerprint density at radius 3 is 2.76 bits per heavy atom. The van der Waals surface area contributed by atoms with Crippen LogP contribution in [0.3, 0.4) is 0 Å². The van der Waals surface area contributed by atoms with Gasteiger partial charge < -0.3 is 24.7 Å². The third-order valence-corrected chi connectivity index (χ3v) is 6.62. The number of H-pyrrole nitrogens is 1. The van der Waals surface area contributed by atoms with Crippen molar-refractivity contribution >= 4 is 46.2 Å². The summed E-state index contributed by atoms with van der Waals surface area (Å²) in [7, 11) is 0. The number of rotatable bonds is 10. The van der Waals surface area contributed by atoms with Crippen LogP contribution >= 0.6 is 22.9 Å². The molecule has 2 aromatic heterocycles. The second-order valence-corrected chi connectivity index (χ2v) is 8.82. The Kier molecular flexibility index (Phi) is 8.81. The van der Waals surface area contributed by atoms with E-state index < -0.39 is 5.97 Å². The van der Waals surface area contributed by atoms with Crippen molar-refractivity contribution in [3.05, 3.63) is 27.2 Å². The molecule has 3 rings (SSSR count). The largest absolute Gasteiger partial charge is 0.462 e.